The second-order valence-electron chi connectivity index (χ2n) is 6.51. The molecule has 0 aliphatic carbocycles. The summed E-state index contributed by atoms with van der Waals surface area (Å²) in [5.41, 5.74) is 3.05. The van der Waals surface area contributed by atoms with E-state index in [1.54, 1.807) is 0 Å². The van der Waals surface area contributed by atoms with Crippen LogP contribution in [0.1, 0.15) is 60.9 Å². The zero-order valence-corrected chi connectivity index (χ0v) is 15.1. The summed E-state index contributed by atoms with van der Waals surface area (Å²) in [5.74, 6) is 0.779. The fraction of sp³-hybridized carbons (Fsp3) is 0.706. The summed E-state index contributed by atoms with van der Waals surface area (Å²) in [6, 6.07) is 2.40. The number of nitrogens with zero attached hydrogens (tertiary/aromatic N) is 1. The van der Waals surface area contributed by atoms with Crippen LogP contribution in [-0.4, -0.2) is 30.1 Å². The van der Waals surface area contributed by atoms with Crippen LogP contribution < -0.4 is 10.6 Å². The van der Waals surface area contributed by atoms with E-state index in [4.69, 9.17) is 0 Å². The van der Waals surface area contributed by atoms with Crippen molar-refractivity contribution in [3.63, 3.8) is 0 Å². The predicted octanol–water partition coefficient (Wildman–Crippen LogP) is 3.23. The molecule has 1 aliphatic heterocycles. The topological polar surface area (TPSA) is 46.1 Å². The molecule has 0 bridgehead atoms. The van der Waals surface area contributed by atoms with Crippen LogP contribution >= 0.6 is 12.4 Å². The van der Waals surface area contributed by atoms with Crippen molar-refractivity contribution < 1.29 is 4.79 Å². The van der Waals surface area contributed by atoms with E-state index >= 15 is 0 Å². The molecular weight excluding hydrogens is 298 g/mol. The van der Waals surface area contributed by atoms with Gasteiger partial charge in [-0.1, -0.05) is 0 Å². The van der Waals surface area contributed by atoms with Gasteiger partial charge in [0.2, 0.25) is 0 Å². The molecule has 1 aliphatic rings. The van der Waals surface area contributed by atoms with Crippen molar-refractivity contribution in [1.29, 1.82) is 0 Å². The molecule has 2 rings (SSSR count). The van der Waals surface area contributed by atoms with Crippen LogP contribution in [0.5, 0.6) is 0 Å². The lowest BCUT2D eigenvalue weighted by molar-refractivity contribution is 0.0950. The highest BCUT2D eigenvalue weighted by Crippen LogP contribution is 2.20. The van der Waals surface area contributed by atoms with Gasteiger partial charge < -0.3 is 15.2 Å². The number of aromatic nitrogens is 1. The third kappa shape index (κ3) is 4.50. The van der Waals surface area contributed by atoms with E-state index < -0.39 is 0 Å². The van der Waals surface area contributed by atoms with E-state index in [9.17, 15) is 4.79 Å². The van der Waals surface area contributed by atoms with E-state index in [-0.39, 0.29) is 18.3 Å². The van der Waals surface area contributed by atoms with Crippen molar-refractivity contribution in [1.82, 2.24) is 15.2 Å². The third-order valence-corrected chi connectivity index (χ3v) is 4.48. The number of piperidine rings is 1. The first-order valence-electron chi connectivity index (χ1n) is 8.18. The van der Waals surface area contributed by atoms with E-state index in [0.717, 1.165) is 43.0 Å². The summed E-state index contributed by atoms with van der Waals surface area (Å²) in [7, 11) is 0. The van der Waals surface area contributed by atoms with Gasteiger partial charge in [0.1, 0.15) is 0 Å². The lowest BCUT2D eigenvalue weighted by atomic mass is 9.96. The first kappa shape index (κ1) is 19.0. The first-order chi connectivity index (χ1) is 10.0. The highest BCUT2D eigenvalue weighted by Gasteiger charge is 2.18. The summed E-state index contributed by atoms with van der Waals surface area (Å²) < 4.78 is 2.22. The van der Waals surface area contributed by atoms with Crippen LogP contribution in [0.15, 0.2) is 6.07 Å². The van der Waals surface area contributed by atoms with Crippen LogP contribution in [0, 0.1) is 19.8 Å². The predicted molar refractivity (Wildman–Crippen MR) is 94.1 cm³/mol. The first-order valence-corrected chi connectivity index (χ1v) is 8.18. The summed E-state index contributed by atoms with van der Waals surface area (Å²) in [4.78, 5) is 12.4. The van der Waals surface area contributed by atoms with Crippen molar-refractivity contribution in [3.05, 3.63) is 23.0 Å². The number of nitrogens with one attached hydrogen (secondary N) is 2. The number of halogens is 1. The average Bonchev–Trinajstić information content (AvgIpc) is 2.75. The number of aryl methyl sites for hydroxylation is 1. The van der Waals surface area contributed by atoms with Gasteiger partial charge in [-0.2, -0.15) is 0 Å². The molecule has 5 heteroatoms. The minimum atomic E-state index is 0. The Bertz CT molecular complexity index is 490. The Labute approximate surface area is 140 Å². The maximum absolute atomic E-state index is 12.4. The Hall–Kier alpha value is -1.000. The van der Waals surface area contributed by atoms with Gasteiger partial charge >= 0.3 is 0 Å². The van der Waals surface area contributed by atoms with Crippen LogP contribution in [0.3, 0.4) is 0 Å². The molecule has 22 heavy (non-hydrogen) atoms. The van der Waals surface area contributed by atoms with Gasteiger partial charge in [0.25, 0.3) is 5.91 Å². The van der Waals surface area contributed by atoms with E-state index in [1.807, 2.05) is 13.0 Å². The molecule has 0 radical (unpaired) electrons. The smallest absolute Gasteiger partial charge is 0.253 e. The van der Waals surface area contributed by atoms with Crippen molar-refractivity contribution in [2.24, 2.45) is 5.92 Å². The number of amides is 1. The largest absolute Gasteiger partial charge is 0.352 e. The third-order valence-electron chi connectivity index (χ3n) is 4.48. The maximum atomic E-state index is 12.4. The fourth-order valence-electron chi connectivity index (χ4n) is 3.46. The normalized spacial score (nSPS) is 18.1. The highest BCUT2D eigenvalue weighted by molar-refractivity contribution is 5.95. The molecule has 1 amide bonds. The van der Waals surface area contributed by atoms with Crippen LogP contribution in [0.2, 0.25) is 0 Å². The Balaban J connectivity index is 0.00000242. The Morgan fingerprint density at radius 2 is 2.18 bits per heavy atom. The molecule has 1 aromatic rings. The monoisotopic (exact) mass is 327 g/mol. The van der Waals surface area contributed by atoms with Crippen LogP contribution in [0.4, 0.5) is 0 Å². The number of hydrogen-bond acceptors (Lipinski definition) is 2. The zero-order chi connectivity index (χ0) is 15.4. The number of carbonyl (C=O) groups excluding carboxylic acids is 1. The summed E-state index contributed by atoms with van der Waals surface area (Å²) >= 11 is 0. The van der Waals surface area contributed by atoms with Gasteiger partial charge in [0.05, 0.1) is 5.56 Å². The molecule has 2 heterocycles. The molecule has 1 unspecified atom stereocenters. The molecular formula is C17H30ClN3O. The summed E-state index contributed by atoms with van der Waals surface area (Å²) in [6.45, 7) is 11.4. The molecule has 1 saturated heterocycles. The highest BCUT2D eigenvalue weighted by atomic mass is 35.5. The average molecular weight is 328 g/mol. The van der Waals surface area contributed by atoms with Gasteiger partial charge in [-0.3, -0.25) is 4.79 Å². The molecule has 1 aromatic heterocycles. The molecule has 1 atom stereocenters. The van der Waals surface area contributed by atoms with Gasteiger partial charge in [-0.05, 0) is 72.0 Å². The van der Waals surface area contributed by atoms with Crippen molar-refractivity contribution >= 4 is 18.3 Å². The minimum absolute atomic E-state index is 0. The Kier molecular flexibility index (Phi) is 7.43. The van der Waals surface area contributed by atoms with E-state index in [1.165, 1.54) is 12.8 Å². The molecule has 0 aromatic carbocycles. The quantitative estimate of drug-likeness (QED) is 0.872. The number of carbonyl (C=O) groups is 1. The standard InChI is InChI=1S/C17H29N3O.ClH/c1-12(2)20-13(3)10-16(14(20)4)17(21)19-9-7-15-6-5-8-18-11-15;/h10,12,15,18H,5-9,11H2,1-4H3,(H,19,21);1H. The van der Waals surface area contributed by atoms with E-state index in [0.29, 0.717) is 12.0 Å². The molecule has 126 valence electrons. The number of hydrogen-bond donors (Lipinski definition) is 2. The maximum Gasteiger partial charge on any atom is 0.253 e. The van der Waals surface area contributed by atoms with Crippen molar-refractivity contribution in [2.75, 3.05) is 19.6 Å². The molecule has 0 saturated carbocycles. The van der Waals surface area contributed by atoms with Crippen LogP contribution in [0.25, 0.3) is 0 Å². The van der Waals surface area contributed by atoms with Gasteiger partial charge in [0, 0.05) is 24.0 Å². The van der Waals surface area contributed by atoms with Crippen molar-refractivity contribution in [3.8, 4) is 0 Å². The second kappa shape index (κ2) is 8.59. The molecule has 4 nitrogen and oxygen atoms in total. The fourth-order valence-corrected chi connectivity index (χ4v) is 3.46. The number of rotatable bonds is 5. The van der Waals surface area contributed by atoms with Gasteiger partial charge in [0.15, 0.2) is 0 Å². The Morgan fingerprint density at radius 3 is 2.73 bits per heavy atom. The van der Waals surface area contributed by atoms with E-state index in [2.05, 4.69) is 36.0 Å². The van der Waals surface area contributed by atoms with Crippen molar-refractivity contribution in [2.45, 2.75) is 53.0 Å². The summed E-state index contributed by atoms with van der Waals surface area (Å²) in [6.07, 6.45) is 3.61. The lowest BCUT2D eigenvalue weighted by Crippen LogP contribution is -2.33. The Morgan fingerprint density at radius 1 is 1.45 bits per heavy atom. The lowest BCUT2D eigenvalue weighted by Gasteiger charge is -2.22. The molecule has 0 spiro atoms. The SMILES string of the molecule is Cc1cc(C(=O)NCCC2CCCNC2)c(C)n1C(C)C.Cl. The second-order valence-corrected chi connectivity index (χ2v) is 6.51. The molecule has 2 N–H and O–H groups in total. The zero-order valence-electron chi connectivity index (χ0n) is 14.2. The molecule has 1 fully saturated rings. The van der Waals surface area contributed by atoms with Crippen LogP contribution in [-0.2, 0) is 0 Å². The van der Waals surface area contributed by atoms with Gasteiger partial charge in [-0.15, -0.1) is 12.4 Å². The van der Waals surface area contributed by atoms with Gasteiger partial charge in [-0.25, -0.2) is 0 Å². The minimum Gasteiger partial charge on any atom is -0.352 e. The summed E-state index contributed by atoms with van der Waals surface area (Å²) in [5, 5.41) is 6.51.